The van der Waals surface area contributed by atoms with E-state index in [2.05, 4.69) is 4.52 Å². The lowest BCUT2D eigenvalue weighted by molar-refractivity contribution is -0.220. The molecule has 7 atom stereocenters. The van der Waals surface area contributed by atoms with Crippen LogP contribution < -0.4 is 10.5 Å². The van der Waals surface area contributed by atoms with Gasteiger partial charge in [-0.25, -0.2) is 9.36 Å². The fourth-order valence-corrected chi connectivity index (χ4v) is 8.59. The molecule has 0 aromatic rings. The predicted octanol–water partition coefficient (Wildman–Crippen LogP) is 5.11. The van der Waals surface area contributed by atoms with Gasteiger partial charge in [0, 0.05) is 45.9 Å². The zero-order valence-corrected chi connectivity index (χ0v) is 37.8. The van der Waals surface area contributed by atoms with Gasteiger partial charge in [-0.15, -0.1) is 0 Å². The van der Waals surface area contributed by atoms with Gasteiger partial charge in [0.2, 0.25) is 0 Å². The monoisotopic (exact) mass is 916 g/mol. The number of hydrogen-bond acceptors (Lipinski definition) is 16. The maximum absolute atomic E-state index is 12.4. The number of nitrogens with one attached hydrogen (secondary N) is 1. The van der Waals surface area contributed by atoms with Gasteiger partial charge in [-0.05, 0) is 38.5 Å². The largest absolute Gasteiger partial charge is 0.472 e. The number of ether oxygens (including phenoxy) is 6. The number of nitrogens with two attached hydrogens (primary N) is 1. The predicted molar refractivity (Wildman–Crippen MR) is 223 cm³/mol. The van der Waals surface area contributed by atoms with E-state index in [0.717, 1.165) is 77.0 Å². The molecule has 356 valence electrons. The summed E-state index contributed by atoms with van der Waals surface area (Å²) in [4.78, 5) is 45.2. The lowest BCUT2D eigenvalue weighted by Crippen LogP contribution is -2.43. The average Bonchev–Trinajstić information content (AvgIpc) is 3.49. The highest BCUT2D eigenvalue weighted by molar-refractivity contribution is 7.83. The van der Waals surface area contributed by atoms with Crippen LogP contribution in [0.3, 0.4) is 0 Å². The fraction of sp³-hybridized carbons (Fsp3) is 0.875. The summed E-state index contributed by atoms with van der Waals surface area (Å²) in [5.41, 5.74) is 5.27. The van der Waals surface area contributed by atoms with Crippen molar-refractivity contribution >= 4 is 36.0 Å². The van der Waals surface area contributed by atoms with Gasteiger partial charge in [-0.2, -0.15) is 13.1 Å². The quantitative estimate of drug-likeness (QED) is 0.0135. The van der Waals surface area contributed by atoms with E-state index in [0.29, 0.717) is 25.9 Å². The van der Waals surface area contributed by atoms with E-state index in [1.807, 2.05) is 4.72 Å². The summed E-state index contributed by atoms with van der Waals surface area (Å²) in [6, 6.07) is -0.857. The number of carbonyl (C=O) groups is 3. The van der Waals surface area contributed by atoms with Crippen LogP contribution in [0, 0.1) is 0 Å². The lowest BCUT2D eigenvalue weighted by Gasteiger charge is -2.35. The minimum absolute atomic E-state index is 0.00372. The summed E-state index contributed by atoms with van der Waals surface area (Å²) < 4.78 is 88.1. The average molecular weight is 917 g/mol. The standard InChI is InChI=1S/C40H73N2O17PS/c1-32(44)53-30-35(31-55-60(47,48)54-27-25-41)57-38(46)21-17-13-11-12-16-20-37-39-36(56-33(2)45)22-24-40(58-37,59-39)23-18-14-9-7-5-3-4-6-8-10-15-19-26-52-29-34(28-43)42-61(49,50)51/h17,21,34-37,39,42-43H,3-16,18-20,22-31,41H2,1-2H3,(H,47,48)(H,49,50,51)/b21-17+/t34-,35+,36+,37+,39-,40-/m0/s1. The number of rotatable bonds is 37. The first-order valence-electron chi connectivity index (χ1n) is 21.9. The summed E-state index contributed by atoms with van der Waals surface area (Å²) in [7, 11) is -8.80. The molecule has 21 heteroatoms. The normalized spacial score (nSPS) is 22.2. The van der Waals surface area contributed by atoms with E-state index < -0.39 is 61.2 Å². The smallest absolute Gasteiger partial charge is 0.462 e. The number of carbonyl (C=O) groups excluding carboxylic acids is 3. The van der Waals surface area contributed by atoms with Crippen LogP contribution >= 0.6 is 7.82 Å². The van der Waals surface area contributed by atoms with E-state index in [-0.39, 0.29) is 50.6 Å². The zero-order valence-electron chi connectivity index (χ0n) is 36.1. The third kappa shape index (κ3) is 26.3. The Balaban J connectivity index is 1.61. The molecule has 2 aliphatic heterocycles. The molecule has 0 aliphatic carbocycles. The van der Waals surface area contributed by atoms with Crippen molar-refractivity contribution < 1.29 is 79.4 Å². The summed E-state index contributed by atoms with van der Waals surface area (Å²) in [5.74, 6) is -2.32. The van der Waals surface area contributed by atoms with Gasteiger partial charge >= 0.3 is 36.0 Å². The number of hydrogen-bond donors (Lipinski definition) is 5. The molecule has 1 unspecified atom stereocenters. The van der Waals surface area contributed by atoms with E-state index in [1.165, 1.54) is 52.0 Å². The number of unbranched alkanes of at least 4 members (excludes halogenated alkanes) is 14. The van der Waals surface area contributed by atoms with Crippen LogP contribution in [-0.2, 0) is 66.7 Å². The second kappa shape index (κ2) is 30.9. The van der Waals surface area contributed by atoms with Crippen LogP contribution in [0.15, 0.2) is 12.2 Å². The highest BCUT2D eigenvalue weighted by Gasteiger charge is 2.54. The van der Waals surface area contributed by atoms with E-state index in [9.17, 15) is 32.3 Å². The molecule has 61 heavy (non-hydrogen) atoms. The fourth-order valence-electron chi connectivity index (χ4n) is 7.26. The maximum atomic E-state index is 12.4. The van der Waals surface area contributed by atoms with Crippen molar-refractivity contribution in [2.75, 3.05) is 46.2 Å². The third-order valence-corrected chi connectivity index (χ3v) is 11.8. The Labute approximate surface area is 361 Å². The van der Waals surface area contributed by atoms with Gasteiger partial charge < -0.3 is 44.2 Å². The molecule has 0 saturated carbocycles. The molecular formula is C40H73N2O17PS. The van der Waals surface area contributed by atoms with Crippen molar-refractivity contribution in [1.29, 1.82) is 0 Å². The summed E-state index contributed by atoms with van der Waals surface area (Å²) in [6.07, 6.45) is 20.4. The van der Waals surface area contributed by atoms with Gasteiger partial charge in [0.05, 0.1) is 38.6 Å². The number of aliphatic hydroxyl groups is 1. The Morgan fingerprint density at radius 2 is 1.51 bits per heavy atom. The number of allylic oxidation sites excluding steroid dienone is 1. The van der Waals surface area contributed by atoms with Gasteiger partial charge in [-0.3, -0.25) is 23.2 Å². The van der Waals surface area contributed by atoms with E-state index in [4.69, 9.17) is 48.3 Å². The summed E-state index contributed by atoms with van der Waals surface area (Å²) >= 11 is 0. The third-order valence-electron chi connectivity index (χ3n) is 10.2. The second-order valence-electron chi connectivity index (χ2n) is 15.7. The molecule has 0 aromatic heterocycles. The molecule has 0 spiro atoms. The molecule has 2 fully saturated rings. The Hall–Kier alpha value is -2.07. The highest BCUT2D eigenvalue weighted by atomic mass is 32.2. The highest BCUT2D eigenvalue weighted by Crippen LogP contribution is 2.46. The molecule has 0 radical (unpaired) electrons. The van der Waals surface area contributed by atoms with E-state index in [1.54, 1.807) is 6.08 Å². The van der Waals surface area contributed by atoms with Crippen molar-refractivity contribution in [3.8, 4) is 0 Å². The van der Waals surface area contributed by atoms with Crippen molar-refractivity contribution in [2.24, 2.45) is 5.73 Å². The Bertz CT molecular complexity index is 1440. The molecule has 2 bridgehead atoms. The number of aliphatic hydroxyl groups excluding tert-OH is 1. The second-order valence-corrected chi connectivity index (χ2v) is 18.3. The molecule has 0 amide bonds. The topological polar surface area (TPSA) is 275 Å². The molecule has 19 nitrogen and oxygen atoms in total. The SMILES string of the molecule is CC(=O)OC[C@H](COP(=O)(O)OCCN)OC(=O)/C=C/CCCCC[C@H]1O[C@]2(CCCCCCCCCCCCCCOC[C@H](CO)NS(=O)(=O)O)CC[C@@H](OC(C)=O)[C@@H]1O2. The van der Waals surface area contributed by atoms with Crippen LogP contribution in [0.4, 0.5) is 0 Å². The molecule has 2 rings (SSSR count). The first-order chi connectivity index (χ1) is 29.1. The van der Waals surface area contributed by atoms with Crippen molar-refractivity contribution in [2.45, 2.75) is 179 Å². The van der Waals surface area contributed by atoms with Crippen LogP contribution in [0.5, 0.6) is 0 Å². The van der Waals surface area contributed by atoms with Crippen LogP contribution in [0.1, 0.15) is 142 Å². The first-order valence-corrected chi connectivity index (χ1v) is 24.8. The molecule has 6 N–H and O–H groups in total. The molecule has 2 saturated heterocycles. The Morgan fingerprint density at radius 1 is 0.869 bits per heavy atom. The summed E-state index contributed by atoms with van der Waals surface area (Å²) in [5, 5.41) is 9.15. The van der Waals surface area contributed by atoms with Gasteiger partial charge in [0.25, 0.3) is 0 Å². The zero-order chi connectivity index (χ0) is 45.0. The van der Waals surface area contributed by atoms with Gasteiger partial charge in [0.1, 0.15) is 18.8 Å². The number of esters is 3. The Kier molecular flexibility index (Phi) is 27.9. The van der Waals surface area contributed by atoms with Crippen LogP contribution in [-0.4, -0.2) is 123 Å². The first kappa shape index (κ1) is 55.1. The molecular weight excluding hydrogens is 843 g/mol. The van der Waals surface area contributed by atoms with E-state index >= 15 is 0 Å². The lowest BCUT2D eigenvalue weighted by atomic mass is 9.94. The van der Waals surface area contributed by atoms with Crippen LogP contribution in [0.2, 0.25) is 0 Å². The number of phosphoric acid groups is 1. The van der Waals surface area contributed by atoms with Crippen molar-refractivity contribution in [3.05, 3.63) is 12.2 Å². The molecule has 0 aromatic carbocycles. The molecule has 2 aliphatic rings. The summed E-state index contributed by atoms with van der Waals surface area (Å²) in [6.45, 7) is 1.51. The van der Waals surface area contributed by atoms with Gasteiger partial charge in [-0.1, -0.05) is 83.1 Å². The Morgan fingerprint density at radius 3 is 2.11 bits per heavy atom. The minimum atomic E-state index is -4.43. The van der Waals surface area contributed by atoms with Crippen molar-refractivity contribution in [3.63, 3.8) is 0 Å². The maximum Gasteiger partial charge on any atom is 0.472 e. The van der Waals surface area contributed by atoms with Gasteiger partial charge in [0.15, 0.2) is 11.9 Å². The molecule has 2 heterocycles. The van der Waals surface area contributed by atoms with Crippen molar-refractivity contribution in [1.82, 2.24) is 4.72 Å². The number of phosphoric ester groups is 1. The number of fused-ring (bicyclic) bond motifs is 2. The van der Waals surface area contributed by atoms with Crippen LogP contribution in [0.25, 0.3) is 0 Å². The minimum Gasteiger partial charge on any atom is -0.462 e.